The summed E-state index contributed by atoms with van der Waals surface area (Å²) in [6.45, 7) is 6.73. The van der Waals surface area contributed by atoms with Crippen molar-refractivity contribution in [2.24, 2.45) is 0 Å². The normalized spacial score (nSPS) is 12.6. The Morgan fingerprint density at radius 1 is 0.763 bits per heavy atom. The van der Waals surface area contributed by atoms with Crippen molar-refractivity contribution in [3.63, 3.8) is 0 Å². The molecule has 0 aromatic heterocycles. The maximum atomic E-state index is 10.2. The Labute approximate surface area is 236 Å². The Kier molecular flexibility index (Phi) is 21.8. The number of carboxylic acid groups (broad SMARTS) is 1. The zero-order valence-corrected chi connectivity index (χ0v) is 26.8. The van der Waals surface area contributed by atoms with Gasteiger partial charge in [0, 0.05) is 21.3 Å². The minimum absolute atomic E-state index is 0.296. The van der Waals surface area contributed by atoms with Crippen LogP contribution in [-0.4, -0.2) is 72.9 Å². The molecule has 38 heavy (non-hydrogen) atoms. The highest BCUT2D eigenvalue weighted by Crippen LogP contribution is 2.26. The molecule has 0 aliphatic rings. The molecular formula is C31H60NO5Si+. The van der Waals surface area contributed by atoms with Gasteiger partial charge in [0.1, 0.15) is 0 Å². The lowest BCUT2D eigenvalue weighted by Gasteiger charge is -2.37. The van der Waals surface area contributed by atoms with E-state index in [-0.39, 0.29) is 0 Å². The Morgan fingerprint density at radius 3 is 1.50 bits per heavy atom. The smallest absolute Gasteiger partial charge is 0.478 e. The highest BCUT2D eigenvalue weighted by molar-refractivity contribution is 6.62. The summed E-state index contributed by atoms with van der Waals surface area (Å²) < 4.78 is 18.0. The molecule has 1 unspecified atom stereocenters. The van der Waals surface area contributed by atoms with Crippen LogP contribution < -0.4 is 0 Å². The average Bonchev–Trinajstić information content (AvgIpc) is 2.91. The van der Waals surface area contributed by atoms with Gasteiger partial charge in [-0.05, 0) is 25.0 Å². The highest BCUT2D eigenvalue weighted by Gasteiger charge is 2.47. The van der Waals surface area contributed by atoms with E-state index in [9.17, 15) is 4.79 Å². The van der Waals surface area contributed by atoms with E-state index in [1.54, 1.807) is 51.7 Å². The second-order valence-electron chi connectivity index (χ2n) is 11.2. The van der Waals surface area contributed by atoms with Crippen LogP contribution in [0, 0.1) is 0 Å². The van der Waals surface area contributed by atoms with Crippen LogP contribution in [0.25, 0.3) is 0 Å². The number of benzene rings is 1. The molecule has 0 fully saturated rings. The van der Waals surface area contributed by atoms with Crippen LogP contribution in [0.3, 0.4) is 0 Å². The summed E-state index contributed by atoms with van der Waals surface area (Å²) in [5.41, 5.74) is 0.627. The number of quaternary nitrogens is 1. The maximum Gasteiger partial charge on any atom is 0.508 e. The molecule has 0 bridgehead atoms. The minimum atomic E-state index is -2.53. The molecule has 1 N–H and O–H groups in total. The third kappa shape index (κ3) is 17.4. The predicted octanol–water partition coefficient (Wildman–Crippen LogP) is 8.20. The van der Waals surface area contributed by atoms with Crippen LogP contribution in [0.4, 0.5) is 0 Å². The molecule has 0 spiro atoms. The second kappa shape index (κ2) is 22.6. The number of hydrogen-bond donors (Lipinski definition) is 1. The van der Waals surface area contributed by atoms with E-state index in [1.807, 2.05) is 0 Å². The summed E-state index contributed by atoms with van der Waals surface area (Å²) in [4.78, 5) is 10.2. The van der Waals surface area contributed by atoms with Crippen LogP contribution in [0.5, 0.6) is 0 Å². The molecule has 0 saturated heterocycles. The molecule has 0 saturated carbocycles. The summed E-state index contributed by atoms with van der Waals surface area (Å²) in [5, 5.41) is 8.38. The van der Waals surface area contributed by atoms with E-state index >= 15 is 0 Å². The summed E-state index contributed by atoms with van der Waals surface area (Å²) in [6, 6.07) is 8.30. The summed E-state index contributed by atoms with van der Waals surface area (Å²) >= 11 is 0. The van der Waals surface area contributed by atoms with Gasteiger partial charge in [-0.15, -0.1) is 0 Å². The van der Waals surface area contributed by atoms with Crippen molar-refractivity contribution in [1.29, 1.82) is 0 Å². The molecule has 0 radical (unpaired) electrons. The molecule has 1 aromatic rings. The van der Waals surface area contributed by atoms with Crippen LogP contribution in [0.15, 0.2) is 30.3 Å². The maximum absolute atomic E-state index is 10.2. The van der Waals surface area contributed by atoms with E-state index in [4.69, 9.17) is 18.4 Å². The van der Waals surface area contributed by atoms with Crippen LogP contribution in [0.1, 0.15) is 114 Å². The zero-order chi connectivity index (χ0) is 28.7. The van der Waals surface area contributed by atoms with E-state index < -0.39 is 14.8 Å². The Bertz CT molecular complexity index is 674. The first-order valence-corrected chi connectivity index (χ1v) is 16.7. The van der Waals surface area contributed by atoms with Gasteiger partial charge in [-0.25, -0.2) is 4.79 Å². The van der Waals surface area contributed by atoms with Crippen LogP contribution in [-0.2, 0) is 13.3 Å². The molecular weight excluding hydrogens is 494 g/mol. The van der Waals surface area contributed by atoms with Crippen molar-refractivity contribution < 1.29 is 27.7 Å². The van der Waals surface area contributed by atoms with Gasteiger partial charge in [0.2, 0.25) is 0 Å². The molecule has 1 aromatic carbocycles. The fourth-order valence-electron chi connectivity index (χ4n) is 5.11. The third-order valence-electron chi connectivity index (χ3n) is 7.36. The molecule has 0 heterocycles. The third-order valence-corrected chi connectivity index (χ3v) is 10.5. The molecule has 1 rings (SSSR count). The Hall–Kier alpha value is -1.25. The average molecular weight is 555 g/mol. The first-order valence-electron chi connectivity index (χ1n) is 14.9. The van der Waals surface area contributed by atoms with Crippen molar-refractivity contribution in [1.82, 2.24) is 0 Å². The van der Waals surface area contributed by atoms with Gasteiger partial charge in [0.15, 0.2) is 0 Å². The van der Waals surface area contributed by atoms with Crippen LogP contribution in [0.2, 0.25) is 5.54 Å². The molecule has 6 nitrogen and oxygen atoms in total. The van der Waals surface area contributed by atoms with Crippen molar-refractivity contribution in [2.45, 2.75) is 109 Å². The molecule has 0 amide bonds. The van der Waals surface area contributed by atoms with Crippen molar-refractivity contribution >= 4 is 14.8 Å². The Morgan fingerprint density at radius 2 is 1.16 bits per heavy atom. The van der Waals surface area contributed by atoms with E-state index in [1.165, 1.54) is 96.4 Å². The molecule has 222 valence electrons. The summed E-state index contributed by atoms with van der Waals surface area (Å²) in [7, 11) is 7.24. The van der Waals surface area contributed by atoms with Gasteiger partial charge in [-0.2, -0.15) is 0 Å². The number of carboxylic acids is 1. The highest BCUT2D eigenvalue weighted by atomic mass is 28.4. The van der Waals surface area contributed by atoms with Gasteiger partial charge in [-0.1, -0.05) is 109 Å². The quantitative estimate of drug-likeness (QED) is 0.0889. The molecule has 0 aliphatic heterocycles. The van der Waals surface area contributed by atoms with E-state index in [0.717, 1.165) is 11.0 Å². The van der Waals surface area contributed by atoms with Crippen molar-refractivity contribution in [3.8, 4) is 0 Å². The zero-order valence-electron chi connectivity index (χ0n) is 25.8. The Balaban J connectivity index is 0.00000127. The number of nitrogens with zero attached hydrogens (tertiary/aromatic N) is 1. The van der Waals surface area contributed by atoms with Gasteiger partial charge in [0.25, 0.3) is 0 Å². The van der Waals surface area contributed by atoms with E-state index in [0.29, 0.717) is 11.1 Å². The van der Waals surface area contributed by atoms with Gasteiger partial charge in [-0.3, -0.25) is 0 Å². The van der Waals surface area contributed by atoms with Crippen molar-refractivity contribution in [3.05, 3.63) is 35.9 Å². The van der Waals surface area contributed by atoms with Gasteiger partial charge in [0.05, 0.1) is 38.3 Å². The SMILES string of the molecule is CCCCCCCCCCCCCCCC[N+](C)(C)CC(C)[Si](OC)(OC)OC.O=C(O)c1ccccc1. The standard InChI is InChI=1S/C24H54NO3Si.C7H6O2/c1-8-9-10-11-12-13-14-15-16-17-18-19-20-21-22-25(3,4)23-24(2)29(26-5,27-6)28-7;8-7(9)6-4-2-1-3-5-6/h24H,8-23H2,1-7H3;1-5H,(H,8,9)/q+1;. The van der Waals surface area contributed by atoms with Gasteiger partial charge >= 0.3 is 14.8 Å². The fourth-order valence-corrected chi connectivity index (χ4v) is 7.54. The molecule has 1 atom stereocenters. The lowest BCUT2D eigenvalue weighted by atomic mass is 10.0. The van der Waals surface area contributed by atoms with E-state index in [2.05, 4.69) is 27.9 Å². The predicted molar refractivity (Wildman–Crippen MR) is 162 cm³/mol. The topological polar surface area (TPSA) is 65.0 Å². The number of hydrogen-bond acceptors (Lipinski definition) is 4. The lowest BCUT2D eigenvalue weighted by Crippen LogP contribution is -2.53. The summed E-state index contributed by atoms with van der Waals surface area (Å²) in [6.07, 6.45) is 19.8. The monoisotopic (exact) mass is 554 g/mol. The molecule has 0 aliphatic carbocycles. The van der Waals surface area contributed by atoms with Gasteiger partial charge < -0.3 is 22.9 Å². The number of carbonyl (C=O) groups is 1. The first-order chi connectivity index (χ1) is 18.2. The van der Waals surface area contributed by atoms with Crippen LogP contribution >= 0.6 is 0 Å². The number of rotatable bonds is 22. The number of aromatic carboxylic acids is 1. The fraction of sp³-hybridized carbons (Fsp3) is 0.774. The van der Waals surface area contributed by atoms with Crippen molar-refractivity contribution in [2.75, 3.05) is 48.5 Å². The minimum Gasteiger partial charge on any atom is -0.478 e. The lowest BCUT2D eigenvalue weighted by molar-refractivity contribution is -0.890. The first kappa shape index (κ1) is 36.7. The summed E-state index contributed by atoms with van der Waals surface area (Å²) in [5.74, 6) is -0.879. The molecule has 7 heteroatoms. The number of unbranched alkanes of at least 4 members (excludes halogenated alkanes) is 13. The largest absolute Gasteiger partial charge is 0.508 e. The second-order valence-corrected chi connectivity index (χ2v) is 14.6.